The first kappa shape index (κ1) is 17.2. The van der Waals surface area contributed by atoms with E-state index >= 15 is 0 Å². The van der Waals surface area contributed by atoms with Gasteiger partial charge in [0.25, 0.3) is 0 Å². The monoisotopic (exact) mass is 400 g/mol. The van der Waals surface area contributed by atoms with Crippen molar-refractivity contribution in [1.82, 2.24) is 14.4 Å². The standard InChI is InChI=1S/C22H16N4S2/c1-2-14-11-21(27-13-20-24-17-8-4-6-10-19(17)28-20)26-18-9-5-3-7-16(18)25-22(26)15(14)12-23/h3-11H,2,13H2,1H3. The number of benzene rings is 2. The first-order chi connectivity index (χ1) is 13.8. The second-order valence-electron chi connectivity index (χ2n) is 6.47. The average Bonchev–Trinajstić information content (AvgIpc) is 3.32. The van der Waals surface area contributed by atoms with Crippen LogP contribution in [0.2, 0.25) is 0 Å². The van der Waals surface area contributed by atoms with Crippen LogP contribution in [0.1, 0.15) is 23.1 Å². The Bertz CT molecular complexity index is 1340. The van der Waals surface area contributed by atoms with Gasteiger partial charge < -0.3 is 0 Å². The van der Waals surface area contributed by atoms with E-state index in [1.54, 1.807) is 23.1 Å². The van der Waals surface area contributed by atoms with Crippen LogP contribution in [0, 0.1) is 11.3 Å². The summed E-state index contributed by atoms with van der Waals surface area (Å²) in [4.78, 5) is 9.51. The van der Waals surface area contributed by atoms with Gasteiger partial charge in [0.15, 0.2) is 5.65 Å². The quantitative estimate of drug-likeness (QED) is 0.357. The Balaban J connectivity index is 1.64. The van der Waals surface area contributed by atoms with Crippen LogP contribution >= 0.6 is 23.1 Å². The highest BCUT2D eigenvalue weighted by Crippen LogP contribution is 2.33. The Morgan fingerprint density at radius 3 is 2.64 bits per heavy atom. The van der Waals surface area contributed by atoms with E-state index in [4.69, 9.17) is 9.97 Å². The summed E-state index contributed by atoms with van der Waals surface area (Å²) in [6.07, 6.45) is 0.803. The molecule has 0 saturated heterocycles. The molecule has 0 spiro atoms. The molecule has 3 aromatic heterocycles. The highest BCUT2D eigenvalue weighted by molar-refractivity contribution is 7.98. The second-order valence-corrected chi connectivity index (χ2v) is 8.58. The molecule has 2 aromatic carbocycles. The number of para-hydroxylation sites is 3. The van der Waals surface area contributed by atoms with Crippen molar-refractivity contribution in [2.24, 2.45) is 0 Å². The molecule has 3 heterocycles. The zero-order valence-electron chi connectivity index (χ0n) is 15.2. The molecule has 28 heavy (non-hydrogen) atoms. The molecule has 0 bridgehead atoms. The molecule has 136 valence electrons. The molecule has 0 unspecified atom stereocenters. The van der Waals surface area contributed by atoms with Crippen LogP contribution in [0.5, 0.6) is 0 Å². The Kier molecular flexibility index (Phi) is 4.27. The summed E-state index contributed by atoms with van der Waals surface area (Å²) < 4.78 is 3.33. The fourth-order valence-electron chi connectivity index (χ4n) is 3.47. The minimum Gasteiger partial charge on any atom is -0.286 e. The first-order valence-corrected chi connectivity index (χ1v) is 10.9. The molecule has 6 heteroatoms. The maximum atomic E-state index is 9.73. The second kappa shape index (κ2) is 6.93. The molecule has 0 N–H and O–H groups in total. The van der Waals surface area contributed by atoms with E-state index in [9.17, 15) is 5.26 Å². The fourth-order valence-corrected chi connectivity index (χ4v) is 5.52. The highest BCUT2D eigenvalue weighted by Gasteiger charge is 2.17. The van der Waals surface area contributed by atoms with Crippen LogP contribution in [0.15, 0.2) is 59.6 Å². The van der Waals surface area contributed by atoms with Gasteiger partial charge in [-0.1, -0.05) is 31.2 Å². The molecule has 0 amide bonds. The summed E-state index contributed by atoms with van der Waals surface area (Å²) in [7, 11) is 0. The number of pyridine rings is 1. The minimum absolute atomic E-state index is 0.669. The van der Waals surface area contributed by atoms with E-state index in [0.717, 1.165) is 50.0 Å². The Hall–Kier alpha value is -2.88. The van der Waals surface area contributed by atoms with Crippen molar-refractivity contribution in [1.29, 1.82) is 5.26 Å². The molecule has 0 saturated carbocycles. The zero-order valence-corrected chi connectivity index (χ0v) is 16.8. The van der Waals surface area contributed by atoms with Gasteiger partial charge in [-0.2, -0.15) is 5.26 Å². The number of hydrogen-bond donors (Lipinski definition) is 0. The van der Waals surface area contributed by atoms with Gasteiger partial charge in [-0.25, -0.2) is 9.97 Å². The van der Waals surface area contributed by atoms with Gasteiger partial charge in [0.05, 0.1) is 37.6 Å². The van der Waals surface area contributed by atoms with Crippen LogP contribution in [0.25, 0.3) is 26.9 Å². The van der Waals surface area contributed by atoms with Crippen molar-refractivity contribution in [3.8, 4) is 6.07 Å². The fraction of sp³-hybridized carbons (Fsp3) is 0.136. The lowest BCUT2D eigenvalue weighted by Gasteiger charge is -2.10. The molecule has 0 aliphatic carbocycles. The van der Waals surface area contributed by atoms with Gasteiger partial charge in [-0.05, 0) is 42.3 Å². The van der Waals surface area contributed by atoms with Crippen LogP contribution < -0.4 is 0 Å². The van der Waals surface area contributed by atoms with Crippen molar-refractivity contribution < 1.29 is 0 Å². The number of nitriles is 1. The Morgan fingerprint density at radius 2 is 1.86 bits per heavy atom. The molecular weight excluding hydrogens is 384 g/mol. The number of thioether (sulfide) groups is 1. The van der Waals surface area contributed by atoms with Crippen LogP contribution in [-0.4, -0.2) is 14.4 Å². The van der Waals surface area contributed by atoms with E-state index in [1.807, 2.05) is 30.3 Å². The third-order valence-corrected chi connectivity index (χ3v) is 7.03. The van der Waals surface area contributed by atoms with E-state index in [2.05, 4.69) is 41.7 Å². The van der Waals surface area contributed by atoms with Crippen molar-refractivity contribution in [3.63, 3.8) is 0 Å². The number of fused-ring (bicyclic) bond motifs is 4. The summed E-state index contributed by atoms with van der Waals surface area (Å²) in [5.74, 6) is 0.788. The van der Waals surface area contributed by atoms with Crippen LogP contribution in [0.4, 0.5) is 0 Å². The molecule has 0 atom stereocenters. The summed E-state index contributed by atoms with van der Waals surface area (Å²) in [6, 6.07) is 20.8. The Morgan fingerprint density at radius 1 is 1.07 bits per heavy atom. The summed E-state index contributed by atoms with van der Waals surface area (Å²) in [5.41, 5.74) is 5.45. The summed E-state index contributed by atoms with van der Waals surface area (Å²) in [6.45, 7) is 2.08. The number of hydrogen-bond acceptors (Lipinski definition) is 5. The van der Waals surface area contributed by atoms with Crippen LogP contribution in [0.3, 0.4) is 0 Å². The smallest absolute Gasteiger partial charge is 0.157 e. The predicted molar refractivity (Wildman–Crippen MR) is 116 cm³/mol. The Labute approximate surface area is 170 Å². The number of rotatable bonds is 4. The number of imidazole rings is 1. The molecule has 5 aromatic rings. The van der Waals surface area contributed by atoms with Gasteiger partial charge in [0, 0.05) is 0 Å². The van der Waals surface area contributed by atoms with Crippen molar-refractivity contribution in [3.05, 3.63) is 70.7 Å². The lowest BCUT2D eigenvalue weighted by atomic mass is 10.1. The summed E-state index contributed by atoms with van der Waals surface area (Å²) >= 11 is 3.48. The summed E-state index contributed by atoms with van der Waals surface area (Å²) in [5, 5.41) is 11.9. The average molecular weight is 401 g/mol. The van der Waals surface area contributed by atoms with Gasteiger partial charge in [0.2, 0.25) is 0 Å². The molecular formula is C22H16N4S2. The molecule has 5 rings (SSSR count). The maximum Gasteiger partial charge on any atom is 0.157 e. The van der Waals surface area contributed by atoms with Gasteiger partial charge >= 0.3 is 0 Å². The van der Waals surface area contributed by atoms with E-state index in [1.165, 1.54) is 4.70 Å². The predicted octanol–water partition coefficient (Wildman–Crippen LogP) is 5.82. The first-order valence-electron chi connectivity index (χ1n) is 9.09. The molecule has 0 aliphatic heterocycles. The van der Waals surface area contributed by atoms with E-state index in [0.29, 0.717) is 5.56 Å². The van der Waals surface area contributed by atoms with Crippen molar-refractivity contribution in [2.45, 2.75) is 24.1 Å². The third kappa shape index (κ3) is 2.75. The number of aryl methyl sites for hydroxylation is 1. The topological polar surface area (TPSA) is 54.0 Å². The maximum absolute atomic E-state index is 9.73. The van der Waals surface area contributed by atoms with Gasteiger partial charge in [0.1, 0.15) is 11.1 Å². The van der Waals surface area contributed by atoms with Crippen molar-refractivity contribution >= 4 is 50.0 Å². The van der Waals surface area contributed by atoms with E-state index in [-0.39, 0.29) is 0 Å². The minimum atomic E-state index is 0.669. The number of aromatic nitrogens is 3. The number of thiazole rings is 1. The van der Waals surface area contributed by atoms with Crippen LogP contribution in [-0.2, 0) is 12.2 Å². The van der Waals surface area contributed by atoms with Gasteiger partial charge in [-0.3, -0.25) is 4.40 Å². The largest absolute Gasteiger partial charge is 0.286 e. The molecule has 4 nitrogen and oxygen atoms in total. The molecule has 0 radical (unpaired) electrons. The zero-order chi connectivity index (χ0) is 19.1. The van der Waals surface area contributed by atoms with Crippen molar-refractivity contribution in [2.75, 3.05) is 0 Å². The van der Waals surface area contributed by atoms with Gasteiger partial charge in [-0.15, -0.1) is 23.1 Å². The number of nitrogens with zero attached hydrogens (tertiary/aromatic N) is 4. The van der Waals surface area contributed by atoms with E-state index < -0.39 is 0 Å². The lowest BCUT2D eigenvalue weighted by molar-refractivity contribution is 1.00. The highest BCUT2D eigenvalue weighted by atomic mass is 32.2. The normalized spacial score (nSPS) is 11.4. The third-order valence-electron chi connectivity index (χ3n) is 4.80. The SMILES string of the molecule is CCc1cc(SCc2nc3ccccc3s2)n2c(nc3ccccc32)c1C#N. The molecule has 0 fully saturated rings. The molecule has 0 aliphatic rings. The lowest BCUT2D eigenvalue weighted by Crippen LogP contribution is -1.99.